The Labute approximate surface area is 117 Å². The van der Waals surface area contributed by atoms with E-state index in [9.17, 15) is 26.4 Å². The monoisotopic (exact) mass is 328 g/mol. The van der Waals surface area contributed by atoms with Crippen molar-refractivity contribution < 1.29 is 36.2 Å². The molecule has 7 nitrogen and oxygen atoms in total. The first-order valence-electron chi connectivity index (χ1n) is 5.21. The number of anilines is 2. The van der Waals surface area contributed by atoms with Crippen LogP contribution in [-0.2, 0) is 16.2 Å². The van der Waals surface area contributed by atoms with Gasteiger partial charge in [-0.3, -0.25) is 10.0 Å². The highest BCUT2D eigenvalue weighted by atomic mass is 32.2. The van der Waals surface area contributed by atoms with Crippen molar-refractivity contribution in [2.24, 2.45) is 0 Å². The summed E-state index contributed by atoms with van der Waals surface area (Å²) in [7, 11) is -2.83. The molecule has 11 heteroatoms. The standard InChI is InChI=1S/C10H11F3N2O5S/c1-20-8-6(14-9(16)17)3-5(10(11,12)13)4-7(8)15-21(2,18)19/h3-4,14-15H,1-2H3,(H,16,17). The SMILES string of the molecule is COc1c(NC(=O)O)cc(C(F)(F)F)cc1NS(C)(=O)=O. The highest BCUT2D eigenvalue weighted by molar-refractivity contribution is 7.92. The summed E-state index contributed by atoms with van der Waals surface area (Å²) in [6.45, 7) is 0. The van der Waals surface area contributed by atoms with Gasteiger partial charge in [0.2, 0.25) is 10.0 Å². The number of nitrogens with one attached hydrogen (secondary N) is 2. The number of carboxylic acid groups (broad SMARTS) is 1. The molecule has 3 N–H and O–H groups in total. The average molecular weight is 328 g/mol. The number of hydrogen-bond donors (Lipinski definition) is 3. The largest absolute Gasteiger partial charge is 0.492 e. The van der Waals surface area contributed by atoms with Crippen molar-refractivity contribution in [2.75, 3.05) is 23.4 Å². The molecule has 0 spiro atoms. The van der Waals surface area contributed by atoms with Gasteiger partial charge in [0.05, 0.1) is 30.3 Å². The van der Waals surface area contributed by atoms with Crippen LogP contribution in [0.1, 0.15) is 5.56 Å². The van der Waals surface area contributed by atoms with Crippen LogP contribution in [-0.4, -0.2) is 33.0 Å². The molecule has 0 fully saturated rings. The van der Waals surface area contributed by atoms with Gasteiger partial charge in [0.1, 0.15) is 0 Å². The minimum Gasteiger partial charge on any atom is -0.492 e. The summed E-state index contributed by atoms with van der Waals surface area (Å²) in [6.07, 6.45) is -5.69. The zero-order chi connectivity index (χ0) is 16.4. The molecule has 0 heterocycles. The number of rotatable bonds is 4. The normalized spacial score (nSPS) is 11.9. The number of ether oxygens (including phenoxy) is 1. The highest BCUT2D eigenvalue weighted by Crippen LogP contribution is 2.40. The van der Waals surface area contributed by atoms with Crippen molar-refractivity contribution in [1.82, 2.24) is 0 Å². The third-order valence-corrected chi connectivity index (χ3v) is 2.75. The number of alkyl halides is 3. The van der Waals surface area contributed by atoms with Gasteiger partial charge in [-0.05, 0) is 12.1 Å². The van der Waals surface area contributed by atoms with Gasteiger partial charge in [-0.1, -0.05) is 0 Å². The van der Waals surface area contributed by atoms with E-state index in [0.29, 0.717) is 12.1 Å². The third kappa shape index (κ3) is 4.70. The molecule has 0 aromatic heterocycles. The van der Waals surface area contributed by atoms with E-state index >= 15 is 0 Å². The number of sulfonamides is 1. The maximum Gasteiger partial charge on any atom is 0.416 e. The number of benzene rings is 1. The molecule has 0 saturated heterocycles. The Kier molecular flexibility index (Phi) is 4.56. The second-order valence-corrected chi connectivity index (χ2v) is 5.66. The van der Waals surface area contributed by atoms with Crippen molar-refractivity contribution in [3.8, 4) is 5.75 Å². The maximum atomic E-state index is 12.8. The first-order chi connectivity index (χ1) is 9.44. The first-order valence-corrected chi connectivity index (χ1v) is 7.10. The van der Waals surface area contributed by atoms with Crippen LogP contribution in [0.15, 0.2) is 12.1 Å². The predicted molar refractivity (Wildman–Crippen MR) is 68.1 cm³/mol. The van der Waals surface area contributed by atoms with Gasteiger partial charge < -0.3 is 9.84 Å². The van der Waals surface area contributed by atoms with E-state index in [0.717, 1.165) is 13.4 Å². The summed E-state index contributed by atoms with van der Waals surface area (Å²) < 4.78 is 67.3. The van der Waals surface area contributed by atoms with Crippen molar-refractivity contribution in [3.05, 3.63) is 17.7 Å². The number of hydrogen-bond acceptors (Lipinski definition) is 4. The topological polar surface area (TPSA) is 105 Å². The highest BCUT2D eigenvalue weighted by Gasteiger charge is 2.33. The number of halogens is 3. The number of methoxy groups -OCH3 is 1. The molecule has 0 aliphatic carbocycles. The van der Waals surface area contributed by atoms with Gasteiger partial charge >= 0.3 is 12.3 Å². The van der Waals surface area contributed by atoms with E-state index < -0.39 is 39.2 Å². The van der Waals surface area contributed by atoms with Crippen molar-refractivity contribution in [1.29, 1.82) is 0 Å². The van der Waals surface area contributed by atoms with Crippen LogP contribution < -0.4 is 14.8 Å². The Hall–Kier alpha value is -2.17. The first kappa shape index (κ1) is 16.9. The Balaban J connectivity index is 3.55. The average Bonchev–Trinajstić information content (AvgIpc) is 2.24. The lowest BCUT2D eigenvalue weighted by Gasteiger charge is -2.17. The third-order valence-electron chi connectivity index (χ3n) is 2.16. The number of carbonyl (C=O) groups is 1. The van der Waals surface area contributed by atoms with Gasteiger partial charge in [-0.2, -0.15) is 13.2 Å². The second kappa shape index (κ2) is 5.68. The molecule has 0 aliphatic rings. The van der Waals surface area contributed by atoms with Gasteiger partial charge in [0.25, 0.3) is 0 Å². The lowest BCUT2D eigenvalue weighted by molar-refractivity contribution is -0.137. The van der Waals surface area contributed by atoms with Gasteiger partial charge in [0, 0.05) is 0 Å². The lowest BCUT2D eigenvalue weighted by atomic mass is 10.1. The fraction of sp³-hybridized carbons (Fsp3) is 0.300. The fourth-order valence-corrected chi connectivity index (χ4v) is 2.05. The molecule has 1 amide bonds. The molecule has 0 unspecified atom stereocenters. The van der Waals surface area contributed by atoms with Crippen LogP contribution in [0.25, 0.3) is 0 Å². The summed E-state index contributed by atoms with van der Waals surface area (Å²) in [5.74, 6) is -0.379. The smallest absolute Gasteiger partial charge is 0.416 e. The quantitative estimate of drug-likeness (QED) is 0.786. The van der Waals surface area contributed by atoms with Crippen molar-refractivity contribution in [2.45, 2.75) is 6.18 Å². The van der Waals surface area contributed by atoms with Crippen LogP contribution in [0.2, 0.25) is 0 Å². The minimum atomic E-state index is -4.80. The Bertz CT molecular complexity index is 657. The molecular formula is C10H11F3N2O5S. The van der Waals surface area contributed by atoms with Crippen LogP contribution in [0.3, 0.4) is 0 Å². The predicted octanol–water partition coefficient (Wildman–Crippen LogP) is 2.18. The van der Waals surface area contributed by atoms with Crippen molar-refractivity contribution in [3.63, 3.8) is 0 Å². The molecule has 0 radical (unpaired) electrons. The summed E-state index contributed by atoms with van der Waals surface area (Å²) in [5, 5.41) is 10.3. The fourth-order valence-electron chi connectivity index (χ4n) is 1.50. The van der Waals surface area contributed by atoms with Crippen LogP contribution >= 0.6 is 0 Å². The summed E-state index contributed by atoms with van der Waals surface area (Å²) in [5.41, 5.74) is -2.30. The zero-order valence-corrected chi connectivity index (χ0v) is 11.6. The summed E-state index contributed by atoms with van der Waals surface area (Å²) >= 11 is 0. The molecule has 118 valence electrons. The van der Waals surface area contributed by atoms with Gasteiger partial charge in [-0.25, -0.2) is 13.2 Å². The molecule has 0 aliphatic heterocycles. The maximum absolute atomic E-state index is 12.8. The molecule has 1 aromatic rings. The Morgan fingerprint density at radius 3 is 2.19 bits per heavy atom. The van der Waals surface area contributed by atoms with E-state index in [2.05, 4.69) is 0 Å². The molecule has 21 heavy (non-hydrogen) atoms. The van der Waals surface area contributed by atoms with Crippen LogP contribution in [0.4, 0.5) is 29.3 Å². The molecular weight excluding hydrogens is 317 g/mol. The molecule has 0 bridgehead atoms. The molecule has 1 aromatic carbocycles. The second-order valence-electron chi connectivity index (χ2n) is 3.91. The summed E-state index contributed by atoms with van der Waals surface area (Å²) in [6, 6.07) is 1.01. The van der Waals surface area contributed by atoms with E-state index in [1.807, 2.05) is 4.72 Å². The molecule has 0 atom stereocenters. The Morgan fingerprint density at radius 2 is 1.81 bits per heavy atom. The lowest BCUT2D eigenvalue weighted by Crippen LogP contribution is -2.15. The van der Waals surface area contributed by atoms with Crippen LogP contribution in [0, 0.1) is 0 Å². The molecule has 1 rings (SSSR count). The van der Waals surface area contributed by atoms with E-state index in [1.165, 1.54) is 0 Å². The van der Waals surface area contributed by atoms with Gasteiger partial charge in [0.15, 0.2) is 5.75 Å². The number of amides is 1. The van der Waals surface area contributed by atoms with Gasteiger partial charge in [-0.15, -0.1) is 0 Å². The van der Waals surface area contributed by atoms with E-state index in [4.69, 9.17) is 9.84 Å². The minimum absolute atomic E-state index is 0.379. The zero-order valence-electron chi connectivity index (χ0n) is 10.8. The van der Waals surface area contributed by atoms with E-state index in [-0.39, 0.29) is 5.75 Å². The molecule has 0 saturated carbocycles. The Morgan fingerprint density at radius 1 is 1.29 bits per heavy atom. The van der Waals surface area contributed by atoms with E-state index in [1.54, 1.807) is 5.32 Å². The van der Waals surface area contributed by atoms with Crippen LogP contribution in [0.5, 0.6) is 5.75 Å². The summed E-state index contributed by atoms with van der Waals surface area (Å²) in [4.78, 5) is 10.6. The van der Waals surface area contributed by atoms with Crippen molar-refractivity contribution >= 4 is 27.5 Å².